The van der Waals surface area contributed by atoms with Crippen LogP contribution in [0.3, 0.4) is 0 Å². The second-order valence-corrected chi connectivity index (χ2v) is 8.55. The van der Waals surface area contributed by atoms with Gasteiger partial charge in [0.25, 0.3) is 0 Å². The third-order valence-corrected chi connectivity index (χ3v) is 6.29. The van der Waals surface area contributed by atoms with Crippen molar-refractivity contribution in [1.82, 2.24) is 14.7 Å². The molecule has 0 aliphatic carbocycles. The highest BCUT2D eigenvalue weighted by molar-refractivity contribution is 5.78. The van der Waals surface area contributed by atoms with E-state index in [0.717, 1.165) is 19.0 Å². The zero-order valence-electron chi connectivity index (χ0n) is 15.5. The van der Waals surface area contributed by atoms with Gasteiger partial charge in [-0.05, 0) is 58.5 Å². The summed E-state index contributed by atoms with van der Waals surface area (Å²) in [4.78, 5) is 19.8. The van der Waals surface area contributed by atoms with Crippen molar-refractivity contribution in [2.75, 3.05) is 32.7 Å². The minimum absolute atomic E-state index is 0.140. The van der Waals surface area contributed by atoms with Gasteiger partial charge in [-0.25, -0.2) is 0 Å². The first-order valence-corrected chi connectivity index (χ1v) is 9.74. The lowest BCUT2D eigenvalue weighted by atomic mass is 9.94. The third kappa shape index (κ3) is 3.74. The molecule has 0 radical (unpaired) electrons. The number of likely N-dealkylation sites (tertiary alicyclic amines) is 2. The molecule has 3 aliphatic rings. The first kappa shape index (κ1) is 17.2. The van der Waals surface area contributed by atoms with Gasteiger partial charge in [0.05, 0.1) is 0 Å². The minimum atomic E-state index is 0.140. The summed E-state index contributed by atoms with van der Waals surface area (Å²) < 4.78 is 0. The van der Waals surface area contributed by atoms with Crippen LogP contribution in [-0.4, -0.2) is 71.5 Å². The van der Waals surface area contributed by atoms with Crippen LogP contribution in [0.5, 0.6) is 0 Å². The maximum Gasteiger partial charge on any atom is 0.225 e. The van der Waals surface area contributed by atoms with Gasteiger partial charge >= 0.3 is 0 Å². The van der Waals surface area contributed by atoms with Gasteiger partial charge in [0.2, 0.25) is 5.91 Å². The number of carbonyl (C=O) groups is 1. The smallest absolute Gasteiger partial charge is 0.225 e. The lowest BCUT2D eigenvalue weighted by Gasteiger charge is -2.44. The van der Waals surface area contributed by atoms with Crippen molar-refractivity contribution in [2.24, 2.45) is 11.8 Å². The Morgan fingerprint density at radius 3 is 2.00 bits per heavy atom. The lowest BCUT2D eigenvalue weighted by Crippen LogP contribution is -2.57. The molecule has 2 bridgehead atoms. The Morgan fingerprint density at radius 2 is 1.52 bits per heavy atom. The molecule has 0 aromatic heterocycles. The van der Waals surface area contributed by atoms with E-state index in [0.29, 0.717) is 24.0 Å². The van der Waals surface area contributed by atoms with Crippen molar-refractivity contribution >= 4 is 5.91 Å². The molecule has 3 saturated heterocycles. The van der Waals surface area contributed by atoms with E-state index in [9.17, 15) is 4.79 Å². The molecular formula is C19H35N3O. The highest BCUT2D eigenvalue weighted by Crippen LogP contribution is 2.33. The second kappa shape index (κ2) is 7.10. The normalized spacial score (nSPS) is 30.6. The number of amides is 1. The molecule has 0 aromatic carbocycles. The summed E-state index contributed by atoms with van der Waals surface area (Å²) >= 11 is 0. The Hall–Kier alpha value is -0.610. The van der Waals surface area contributed by atoms with E-state index < -0.39 is 0 Å². The first-order chi connectivity index (χ1) is 11.0. The minimum Gasteiger partial charge on any atom is -0.339 e. The molecule has 1 amide bonds. The summed E-state index contributed by atoms with van der Waals surface area (Å²) in [5.74, 6) is 1.36. The van der Waals surface area contributed by atoms with Gasteiger partial charge in [-0.15, -0.1) is 0 Å². The fraction of sp³-hybridized carbons (Fsp3) is 0.947. The number of nitrogens with zero attached hydrogens (tertiary/aromatic N) is 3. The summed E-state index contributed by atoms with van der Waals surface area (Å²) in [5, 5.41) is 0. The van der Waals surface area contributed by atoms with Crippen LogP contribution < -0.4 is 0 Å². The van der Waals surface area contributed by atoms with E-state index in [1.807, 2.05) is 13.8 Å². The molecule has 3 fully saturated rings. The van der Waals surface area contributed by atoms with E-state index in [-0.39, 0.29) is 5.92 Å². The molecule has 0 saturated carbocycles. The zero-order chi connectivity index (χ0) is 16.6. The molecule has 3 aliphatic heterocycles. The Morgan fingerprint density at radius 1 is 0.957 bits per heavy atom. The van der Waals surface area contributed by atoms with Crippen molar-refractivity contribution in [3.63, 3.8) is 0 Å². The predicted molar refractivity (Wildman–Crippen MR) is 94.4 cm³/mol. The largest absolute Gasteiger partial charge is 0.339 e. The van der Waals surface area contributed by atoms with Gasteiger partial charge in [0, 0.05) is 43.7 Å². The maximum atomic E-state index is 12.3. The monoisotopic (exact) mass is 321 g/mol. The summed E-state index contributed by atoms with van der Waals surface area (Å²) in [6.07, 6.45) is 5.28. The molecule has 23 heavy (non-hydrogen) atoms. The van der Waals surface area contributed by atoms with Gasteiger partial charge in [0.1, 0.15) is 0 Å². The molecule has 2 unspecified atom stereocenters. The molecule has 132 valence electrons. The van der Waals surface area contributed by atoms with E-state index in [2.05, 4.69) is 28.5 Å². The number of piperazine rings is 1. The maximum absolute atomic E-state index is 12.3. The Kier molecular flexibility index (Phi) is 5.32. The number of piperidine rings is 1. The molecule has 0 N–H and O–H groups in total. The number of fused-ring (bicyclic) bond motifs is 2. The average molecular weight is 322 g/mol. The van der Waals surface area contributed by atoms with E-state index in [4.69, 9.17) is 0 Å². The molecular weight excluding hydrogens is 286 g/mol. The standard InChI is InChI=1S/C19H35N3O/c1-14(2)19(23)21-12-17-5-6-18(13-21)22(17)11-16-7-9-20(10-8-16)15(3)4/h14-18H,5-13H2,1-4H3. The first-order valence-electron chi connectivity index (χ1n) is 9.74. The summed E-state index contributed by atoms with van der Waals surface area (Å²) in [6, 6.07) is 1.94. The van der Waals surface area contributed by atoms with E-state index in [1.54, 1.807) is 0 Å². The Labute approximate surface area is 142 Å². The van der Waals surface area contributed by atoms with Crippen LogP contribution in [0.1, 0.15) is 53.4 Å². The van der Waals surface area contributed by atoms with Gasteiger partial charge in [-0.3, -0.25) is 9.69 Å². The van der Waals surface area contributed by atoms with Crippen LogP contribution in [0, 0.1) is 11.8 Å². The number of hydrogen-bond acceptors (Lipinski definition) is 3. The van der Waals surface area contributed by atoms with Crippen molar-refractivity contribution in [1.29, 1.82) is 0 Å². The van der Waals surface area contributed by atoms with Crippen LogP contribution in [0.2, 0.25) is 0 Å². The molecule has 0 spiro atoms. The fourth-order valence-electron chi connectivity index (χ4n) is 4.78. The second-order valence-electron chi connectivity index (χ2n) is 8.55. The van der Waals surface area contributed by atoms with Gasteiger partial charge in [-0.1, -0.05) is 13.8 Å². The summed E-state index contributed by atoms with van der Waals surface area (Å²) in [6.45, 7) is 14.4. The highest BCUT2D eigenvalue weighted by Gasteiger charge is 2.42. The van der Waals surface area contributed by atoms with Crippen molar-refractivity contribution in [3.8, 4) is 0 Å². The molecule has 2 atom stereocenters. The van der Waals surface area contributed by atoms with Crippen molar-refractivity contribution in [2.45, 2.75) is 71.5 Å². The number of rotatable bonds is 4. The molecule has 3 rings (SSSR count). The quantitative estimate of drug-likeness (QED) is 0.796. The van der Waals surface area contributed by atoms with Crippen LogP contribution in [0.4, 0.5) is 0 Å². The lowest BCUT2D eigenvalue weighted by molar-refractivity contribution is -0.138. The summed E-state index contributed by atoms with van der Waals surface area (Å²) in [5.41, 5.74) is 0. The highest BCUT2D eigenvalue weighted by atomic mass is 16.2. The van der Waals surface area contributed by atoms with Crippen LogP contribution in [-0.2, 0) is 4.79 Å². The summed E-state index contributed by atoms with van der Waals surface area (Å²) in [7, 11) is 0. The number of carbonyl (C=O) groups excluding carboxylic acids is 1. The molecule has 4 nitrogen and oxygen atoms in total. The van der Waals surface area contributed by atoms with Gasteiger partial charge < -0.3 is 9.80 Å². The van der Waals surface area contributed by atoms with Crippen LogP contribution in [0.25, 0.3) is 0 Å². The van der Waals surface area contributed by atoms with E-state index in [1.165, 1.54) is 45.3 Å². The Balaban J connectivity index is 1.52. The van der Waals surface area contributed by atoms with Gasteiger partial charge in [-0.2, -0.15) is 0 Å². The SMILES string of the molecule is CC(C)C(=O)N1CC2CCC(C1)N2CC1CCN(C(C)C)CC1. The van der Waals surface area contributed by atoms with Crippen LogP contribution in [0.15, 0.2) is 0 Å². The van der Waals surface area contributed by atoms with Crippen molar-refractivity contribution in [3.05, 3.63) is 0 Å². The third-order valence-electron chi connectivity index (χ3n) is 6.29. The zero-order valence-corrected chi connectivity index (χ0v) is 15.5. The van der Waals surface area contributed by atoms with Crippen molar-refractivity contribution < 1.29 is 4.79 Å². The number of hydrogen-bond donors (Lipinski definition) is 0. The average Bonchev–Trinajstić information content (AvgIpc) is 2.76. The Bertz CT molecular complexity index is 401. The molecule has 3 heterocycles. The van der Waals surface area contributed by atoms with Crippen LogP contribution >= 0.6 is 0 Å². The van der Waals surface area contributed by atoms with E-state index >= 15 is 0 Å². The topological polar surface area (TPSA) is 26.8 Å². The molecule has 0 aromatic rings. The predicted octanol–water partition coefficient (Wildman–Crippen LogP) is 2.44. The fourth-order valence-corrected chi connectivity index (χ4v) is 4.78. The molecule has 4 heteroatoms. The van der Waals surface area contributed by atoms with Gasteiger partial charge in [0.15, 0.2) is 0 Å².